The zero-order valence-electron chi connectivity index (χ0n) is 7.92. The molecule has 0 aliphatic carbocycles. The van der Waals surface area contributed by atoms with Gasteiger partial charge in [0.2, 0.25) is 0 Å². The number of ketones is 1. The van der Waals surface area contributed by atoms with Crippen LogP contribution in [0.15, 0.2) is 12.2 Å². The quantitative estimate of drug-likeness (QED) is 0.569. The van der Waals surface area contributed by atoms with Crippen molar-refractivity contribution < 1.29 is 4.79 Å². The Morgan fingerprint density at radius 2 is 1.91 bits per heavy atom. The van der Waals surface area contributed by atoms with E-state index in [4.69, 9.17) is 0 Å². The lowest BCUT2D eigenvalue weighted by atomic mass is 9.94. The van der Waals surface area contributed by atoms with Crippen molar-refractivity contribution in [2.75, 3.05) is 0 Å². The highest BCUT2D eigenvalue weighted by Gasteiger charge is 2.03. The van der Waals surface area contributed by atoms with Gasteiger partial charge in [-0.3, -0.25) is 4.79 Å². The Bertz CT molecular complexity index is 145. The number of allylic oxidation sites excluding steroid dienone is 2. The Morgan fingerprint density at radius 1 is 1.36 bits per heavy atom. The molecule has 0 aromatic rings. The van der Waals surface area contributed by atoms with Crippen molar-refractivity contribution in [1.82, 2.24) is 0 Å². The van der Waals surface area contributed by atoms with Crippen molar-refractivity contribution >= 4 is 5.78 Å². The van der Waals surface area contributed by atoms with Gasteiger partial charge in [0.1, 0.15) is 0 Å². The van der Waals surface area contributed by atoms with Crippen LogP contribution < -0.4 is 0 Å². The molecule has 0 amide bonds. The zero-order chi connectivity index (χ0) is 8.85. The fourth-order valence-corrected chi connectivity index (χ4v) is 0.721. The van der Waals surface area contributed by atoms with Crippen molar-refractivity contribution in [3.05, 3.63) is 12.2 Å². The van der Waals surface area contributed by atoms with Gasteiger partial charge in [-0.1, -0.05) is 26.8 Å². The summed E-state index contributed by atoms with van der Waals surface area (Å²) in [4.78, 5) is 10.5. The molecule has 1 nitrogen and oxygen atoms in total. The van der Waals surface area contributed by atoms with Crippen LogP contribution in [0.2, 0.25) is 0 Å². The van der Waals surface area contributed by atoms with E-state index in [1.54, 1.807) is 13.0 Å². The lowest BCUT2D eigenvalue weighted by molar-refractivity contribution is -0.112. The molecule has 1 unspecified atom stereocenters. The van der Waals surface area contributed by atoms with Crippen LogP contribution in [0.4, 0.5) is 0 Å². The van der Waals surface area contributed by atoms with Crippen molar-refractivity contribution in [2.24, 2.45) is 11.8 Å². The van der Waals surface area contributed by atoms with Gasteiger partial charge in [-0.2, -0.15) is 0 Å². The monoisotopic (exact) mass is 154 g/mol. The minimum atomic E-state index is 0.140. The SMILES string of the molecule is CC(=O)/C=C/CC(C)C(C)C. The molecule has 0 fully saturated rings. The van der Waals surface area contributed by atoms with E-state index in [0.717, 1.165) is 6.42 Å². The minimum absolute atomic E-state index is 0.140. The summed E-state index contributed by atoms with van der Waals surface area (Å²) >= 11 is 0. The van der Waals surface area contributed by atoms with Gasteiger partial charge in [0, 0.05) is 0 Å². The van der Waals surface area contributed by atoms with Crippen LogP contribution in [-0.4, -0.2) is 5.78 Å². The third kappa shape index (κ3) is 5.84. The minimum Gasteiger partial charge on any atom is -0.295 e. The standard InChI is InChI=1S/C10H18O/c1-8(2)9(3)6-5-7-10(4)11/h5,7-9H,6H2,1-4H3/b7-5+. The normalized spacial score (nSPS) is 14.3. The highest BCUT2D eigenvalue weighted by molar-refractivity contribution is 5.87. The number of hydrogen-bond donors (Lipinski definition) is 0. The maximum atomic E-state index is 10.5. The largest absolute Gasteiger partial charge is 0.295 e. The Labute approximate surface area is 69.5 Å². The topological polar surface area (TPSA) is 17.1 Å². The van der Waals surface area contributed by atoms with Gasteiger partial charge in [0.05, 0.1) is 0 Å². The Morgan fingerprint density at radius 3 is 2.27 bits per heavy atom. The van der Waals surface area contributed by atoms with E-state index in [1.165, 1.54) is 0 Å². The van der Waals surface area contributed by atoms with E-state index >= 15 is 0 Å². The molecule has 0 aliphatic heterocycles. The molecule has 0 aromatic heterocycles. The molecule has 1 heteroatoms. The molecule has 0 aromatic carbocycles. The predicted octanol–water partition coefficient (Wildman–Crippen LogP) is 2.81. The molecule has 0 rings (SSSR count). The molecule has 0 spiro atoms. The predicted molar refractivity (Wildman–Crippen MR) is 48.4 cm³/mol. The van der Waals surface area contributed by atoms with E-state index in [-0.39, 0.29) is 5.78 Å². The number of rotatable bonds is 4. The second kappa shape index (κ2) is 5.11. The van der Waals surface area contributed by atoms with Gasteiger partial charge in [0.15, 0.2) is 5.78 Å². The Balaban J connectivity index is 3.61. The molecule has 11 heavy (non-hydrogen) atoms. The van der Waals surface area contributed by atoms with Gasteiger partial charge >= 0.3 is 0 Å². The first kappa shape index (κ1) is 10.4. The molecule has 0 saturated heterocycles. The summed E-state index contributed by atoms with van der Waals surface area (Å²) in [7, 11) is 0. The molecule has 0 aliphatic rings. The number of carbonyl (C=O) groups is 1. The van der Waals surface area contributed by atoms with Crippen LogP contribution in [0.1, 0.15) is 34.1 Å². The summed E-state index contributed by atoms with van der Waals surface area (Å²) in [5.74, 6) is 1.51. The second-order valence-corrected chi connectivity index (χ2v) is 3.47. The average molecular weight is 154 g/mol. The van der Waals surface area contributed by atoms with Crippen LogP contribution in [0.3, 0.4) is 0 Å². The summed E-state index contributed by atoms with van der Waals surface area (Å²) in [6, 6.07) is 0. The van der Waals surface area contributed by atoms with Gasteiger partial charge in [-0.25, -0.2) is 0 Å². The highest BCUT2D eigenvalue weighted by atomic mass is 16.1. The molecule has 1 atom stereocenters. The lowest BCUT2D eigenvalue weighted by Gasteiger charge is -2.11. The number of carbonyl (C=O) groups excluding carboxylic acids is 1. The van der Waals surface area contributed by atoms with Crippen molar-refractivity contribution in [1.29, 1.82) is 0 Å². The van der Waals surface area contributed by atoms with Crippen LogP contribution >= 0.6 is 0 Å². The third-order valence-corrected chi connectivity index (χ3v) is 2.00. The lowest BCUT2D eigenvalue weighted by Crippen LogP contribution is -2.01. The van der Waals surface area contributed by atoms with Crippen LogP contribution in [0.5, 0.6) is 0 Å². The molecule has 0 bridgehead atoms. The van der Waals surface area contributed by atoms with Gasteiger partial charge < -0.3 is 0 Å². The third-order valence-electron chi connectivity index (χ3n) is 2.00. The van der Waals surface area contributed by atoms with E-state index in [1.807, 2.05) is 6.08 Å². The van der Waals surface area contributed by atoms with Crippen molar-refractivity contribution in [3.63, 3.8) is 0 Å². The van der Waals surface area contributed by atoms with E-state index < -0.39 is 0 Å². The molecular formula is C10H18O. The fourth-order valence-electron chi connectivity index (χ4n) is 0.721. The molecule has 64 valence electrons. The van der Waals surface area contributed by atoms with Gasteiger partial charge in [-0.15, -0.1) is 0 Å². The van der Waals surface area contributed by atoms with Crippen LogP contribution in [0, 0.1) is 11.8 Å². The summed E-state index contributed by atoms with van der Waals surface area (Å²) in [5, 5.41) is 0. The zero-order valence-corrected chi connectivity index (χ0v) is 7.92. The second-order valence-electron chi connectivity index (χ2n) is 3.47. The van der Waals surface area contributed by atoms with Gasteiger partial charge in [0.25, 0.3) is 0 Å². The first-order valence-corrected chi connectivity index (χ1v) is 4.21. The summed E-state index contributed by atoms with van der Waals surface area (Å²) in [6.07, 6.45) is 4.63. The Hall–Kier alpha value is -0.590. The van der Waals surface area contributed by atoms with E-state index in [0.29, 0.717) is 11.8 Å². The van der Waals surface area contributed by atoms with Crippen LogP contribution in [-0.2, 0) is 4.79 Å². The average Bonchev–Trinajstić information content (AvgIpc) is 1.86. The van der Waals surface area contributed by atoms with E-state index in [2.05, 4.69) is 20.8 Å². The summed E-state index contributed by atoms with van der Waals surface area (Å²) in [5.41, 5.74) is 0. The maximum absolute atomic E-state index is 10.5. The first-order chi connectivity index (χ1) is 5.04. The van der Waals surface area contributed by atoms with Crippen LogP contribution in [0.25, 0.3) is 0 Å². The van der Waals surface area contributed by atoms with Crippen molar-refractivity contribution in [3.8, 4) is 0 Å². The van der Waals surface area contributed by atoms with Gasteiger partial charge in [-0.05, 0) is 31.3 Å². The molecule has 0 N–H and O–H groups in total. The maximum Gasteiger partial charge on any atom is 0.152 e. The van der Waals surface area contributed by atoms with Crippen molar-refractivity contribution in [2.45, 2.75) is 34.1 Å². The Kier molecular flexibility index (Phi) is 4.84. The molecule has 0 heterocycles. The highest BCUT2D eigenvalue weighted by Crippen LogP contribution is 2.13. The van der Waals surface area contributed by atoms with E-state index in [9.17, 15) is 4.79 Å². The first-order valence-electron chi connectivity index (χ1n) is 4.21. The number of hydrogen-bond acceptors (Lipinski definition) is 1. The summed E-state index contributed by atoms with van der Waals surface area (Å²) in [6.45, 7) is 8.18. The summed E-state index contributed by atoms with van der Waals surface area (Å²) < 4.78 is 0. The fraction of sp³-hybridized carbons (Fsp3) is 0.700. The molecule has 0 radical (unpaired) electrons. The smallest absolute Gasteiger partial charge is 0.152 e. The molecule has 0 saturated carbocycles. The molecular weight excluding hydrogens is 136 g/mol.